The van der Waals surface area contributed by atoms with Gasteiger partial charge in [-0.25, -0.2) is 12.8 Å². The van der Waals surface area contributed by atoms with Gasteiger partial charge in [0.1, 0.15) is 11.6 Å². The van der Waals surface area contributed by atoms with Crippen molar-refractivity contribution in [3.8, 4) is 5.75 Å². The highest BCUT2D eigenvalue weighted by molar-refractivity contribution is 7.89. The molecule has 1 aliphatic heterocycles. The average molecular weight is 479 g/mol. The Balaban J connectivity index is 1.39. The van der Waals surface area contributed by atoms with Crippen molar-refractivity contribution in [2.24, 2.45) is 0 Å². The molecule has 1 fully saturated rings. The molecule has 178 valence electrons. The third-order valence-electron chi connectivity index (χ3n) is 5.13. The van der Waals surface area contributed by atoms with Gasteiger partial charge in [-0.3, -0.25) is 14.5 Å². The number of nitrogens with one attached hydrogen (secondary N) is 2. The molecule has 2 amide bonds. The molecular formula is C22H27FN4O5S. The van der Waals surface area contributed by atoms with Crippen LogP contribution in [0.1, 0.15) is 6.92 Å². The van der Waals surface area contributed by atoms with Gasteiger partial charge in [0.25, 0.3) is 0 Å². The molecule has 0 spiro atoms. The maximum atomic E-state index is 13.1. The van der Waals surface area contributed by atoms with E-state index in [1.165, 1.54) is 16.4 Å². The molecule has 0 aromatic heterocycles. The van der Waals surface area contributed by atoms with Gasteiger partial charge in [0.15, 0.2) is 0 Å². The molecule has 11 heteroatoms. The maximum Gasteiger partial charge on any atom is 0.313 e. The first kappa shape index (κ1) is 24.6. The lowest BCUT2D eigenvalue weighted by molar-refractivity contribution is -0.136. The number of nitrogens with zero attached hydrogens (tertiary/aromatic N) is 2. The fourth-order valence-corrected chi connectivity index (χ4v) is 4.77. The molecule has 0 atom stereocenters. The summed E-state index contributed by atoms with van der Waals surface area (Å²) in [5.74, 6) is -1.34. The summed E-state index contributed by atoms with van der Waals surface area (Å²) >= 11 is 0. The first-order chi connectivity index (χ1) is 15.8. The van der Waals surface area contributed by atoms with Crippen LogP contribution in [0.3, 0.4) is 0 Å². The van der Waals surface area contributed by atoms with Gasteiger partial charge in [0.2, 0.25) is 10.0 Å². The minimum absolute atomic E-state index is 0.0585. The lowest BCUT2D eigenvalue weighted by atomic mass is 10.3. The largest absolute Gasteiger partial charge is 0.494 e. The van der Waals surface area contributed by atoms with Gasteiger partial charge >= 0.3 is 11.8 Å². The fraction of sp³-hybridized carbons (Fsp3) is 0.364. The maximum absolute atomic E-state index is 13.1. The molecule has 33 heavy (non-hydrogen) atoms. The molecule has 3 rings (SSSR count). The monoisotopic (exact) mass is 478 g/mol. The number of hydrogen-bond donors (Lipinski definition) is 2. The summed E-state index contributed by atoms with van der Waals surface area (Å²) in [5.41, 5.74) is 0.483. The molecular weight excluding hydrogens is 451 g/mol. The standard InChI is InChI=1S/C22H27FN4O5S/c1-2-32-19-7-5-18(6-8-19)25-22(29)21(28)24-11-12-26-13-15-27(16-14-26)33(30,31)20-9-3-17(23)4-10-20/h3-10H,2,11-16H2,1H3,(H,24,28)(H,25,29). The number of ether oxygens (including phenoxy) is 1. The van der Waals surface area contributed by atoms with Crippen molar-refractivity contribution in [1.29, 1.82) is 0 Å². The van der Waals surface area contributed by atoms with Crippen LogP contribution in [0.4, 0.5) is 10.1 Å². The van der Waals surface area contributed by atoms with Crippen LogP contribution in [0, 0.1) is 5.82 Å². The molecule has 0 radical (unpaired) electrons. The smallest absolute Gasteiger partial charge is 0.313 e. The van der Waals surface area contributed by atoms with Crippen molar-refractivity contribution in [3.05, 3.63) is 54.3 Å². The van der Waals surface area contributed by atoms with Crippen LogP contribution >= 0.6 is 0 Å². The molecule has 2 aromatic rings. The Morgan fingerprint density at radius 3 is 2.21 bits per heavy atom. The first-order valence-electron chi connectivity index (χ1n) is 10.6. The second kappa shape index (κ2) is 11.2. The highest BCUT2D eigenvalue weighted by Gasteiger charge is 2.28. The number of anilines is 1. The summed E-state index contributed by atoms with van der Waals surface area (Å²) in [5, 5.41) is 5.09. The molecule has 0 unspecified atom stereocenters. The molecule has 9 nitrogen and oxygen atoms in total. The number of hydrogen-bond acceptors (Lipinski definition) is 6. The van der Waals surface area contributed by atoms with Gasteiger partial charge in [-0.15, -0.1) is 0 Å². The zero-order valence-electron chi connectivity index (χ0n) is 18.3. The first-order valence-corrected chi connectivity index (χ1v) is 12.0. The van der Waals surface area contributed by atoms with Gasteiger partial charge in [-0.05, 0) is 55.5 Å². The van der Waals surface area contributed by atoms with Gasteiger partial charge in [0.05, 0.1) is 11.5 Å². The predicted molar refractivity (Wildman–Crippen MR) is 121 cm³/mol. The van der Waals surface area contributed by atoms with E-state index in [0.29, 0.717) is 37.7 Å². The minimum Gasteiger partial charge on any atom is -0.494 e. The fourth-order valence-electron chi connectivity index (χ4n) is 3.35. The van der Waals surface area contributed by atoms with E-state index in [1.807, 2.05) is 11.8 Å². The van der Waals surface area contributed by atoms with Crippen molar-refractivity contribution in [2.75, 3.05) is 51.2 Å². The van der Waals surface area contributed by atoms with E-state index in [0.717, 1.165) is 12.1 Å². The van der Waals surface area contributed by atoms with Gasteiger partial charge < -0.3 is 15.4 Å². The Hall–Kier alpha value is -3.02. The summed E-state index contributed by atoms with van der Waals surface area (Å²) in [4.78, 5) is 26.2. The molecule has 2 N–H and O–H groups in total. The van der Waals surface area contributed by atoms with Crippen molar-refractivity contribution < 1.29 is 27.1 Å². The number of benzene rings is 2. The van der Waals surface area contributed by atoms with Crippen molar-refractivity contribution in [2.45, 2.75) is 11.8 Å². The number of rotatable bonds is 8. The topological polar surface area (TPSA) is 108 Å². The molecule has 1 saturated heterocycles. The summed E-state index contributed by atoms with van der Waals surface area (Å²) in [6, 6.07) is 11.5. The third-order valence-corrected chi connectivity index (χ3v) is 7.04. The van der Waals surface area contributed by atoms with Crippen LogP contribution in [0.25, 0.3) is 0 Å². The minimum atomic E-state index is -3.67. The lowest BCUT2D eigenvalue weighted by Gasteiger charge is -2.33. The van der Waals surface area contributed by atoms with Crippen LogP contribution < -0.4 is 15.4 Å². The zero-order valence-corrected chi connectivity index (χ0v) is 19.1. The van der Waals surface area contributed by atoms with E-state index >= 15 is 0 Å². The number of sulfonamides is 1. The second-order valence-electron chi connectivity index (χ2n) is 7.37. The van der Waals surface area contributed by atoms with E-state index in [-0.39, 0.29) is 24.5 Å². The van der Waals surface area contributed by atoms with Gasteiger partial charge in [-0.2, -0.15) is 4.31 Å². The molecule has 1 aliphatic rings. The van der Waals surface area contributed by atoms with E-state index in [2.05, 4.69) is 10.6 Å². The van der Waals surface area contributed by atoms with Crippen molar-refractivity contribution in [1.82, 2.24) is 14.5 Å². The van der Waals surface area contributed by atoms with Gasteiger partial charge in [0, 0.05) is 45.0 Å². The predicted octanol–water partition coefficient (Wildman–Crippen LogP) is 1.29. The summed E-state index contributed by atoms with van der Waals surface area (Å²) < 4.78 is 45.1. The third kappa shape index (κ3) is 6.73. The molecule has 2 aromatic carbocycles. The Bertz CT molecular complexity index is 1050. The number of amides is 2. The second-order valence-corrected chi connectivity index (χ2v) is 9.30. The van der Waals surface area contributed by atoms with Crippen molar-refractivity contribution >= 4 is 27.5 Å². The van der Waals surface area contributed by atoms with Crippen LogP contribution in [-0.4, -0.2) is 75.3 Å². The van der Waals surface area contributed by atoms with Crippen LogP contribution in [0.2, 0.25) is 0 Å². The molecule has 0 saturated carbocycles. The lowest BCUT2D eigenvalue weighted by Crippen LogP contribution is -2.50. The Labute approximate surface area is 192 Å². The SMILES string of the molecule is CCOc1ccc(NC(=O)C(=O)NCCN2CCN(S(=O)(=O)c3ccc(F)cc3)CC2)cc1. The highest BCUT2D eigenvalue weighted by Crippen LogP contribution is 2.18. The zero-order chi connectivity index (χ0) is 23.8. The Morgan fingerprint density at radius 1 is 0.970 bits per heavy atom. The van der Waals surface area contributed by atoms with Crippen LogP contribution in [0.15, 0.2) is 53.4 Å². The van der Waals surface area contributed by atoms with E-state index in [1.54, 1.807) is 24.3 Å². The quantitative estimate of drug-likeness (QED) is 0.554. The van der Waals surface area contributed by atoms with Crippen molar-refractivity contribution in [3.63, 3.8) is 0 Å². The normalized spacial score (nSPS) is 15.1. The molecule has 1 heterocycles. The highest BCUT2D eigenvalue weighted by atomic mass is 32.2. The average Bonchev–Trinajstić information content (AvgIpc) is 2.81. The number of carbonyl (C=O) groups is 2. The van der Waals surface area contributed by atoms with E-state index in [9.17, 15) is 22.4 Å². The molecule has 0 bridgehead atoms. The van der Waals surface area contributed by atoms with Crippen LogP contribution in [0.5, 0.6) is 5.75 Å². The number of carbonyl (C=O) groups excluding carboxylic acids is 2. The number of piperazine rings is 1. The van der Waals surface area contributed by atoms with Crippen LogP contribution in [-0.2, 0) is 19.6 Å². The molecule has 0 aliphatic carbocycles. The summed E-state index contributed by atoms with van der Waals surface area (Å²) in [6.07, 6.45) is 0. The summed E-state index contributed by atoms with van der Waals surface area (Å²) in [6.45, 7) is 4.66. The Morgan fingerprint density at radius 2 is 1.61 bits per heavy atom. The van der Waals surface area contributed by atoms with E-state index in [4.69, 9.17) is 4.74 Å². The summed E-state index contributed by atoms with van der Waals surface area (Å²) in [7, 11) is -3.67. The van der Waals surface area contributed by atoms with E-state index < -0.39 is 27.7 Å². The Kier molecular flexibility index (Phi) is 8.37. The number of halogens is 1. The van der Waals surface area contributed by atoms with Gasteiger partial charge in [-0.1, -0.05) is 0 Å².